The Bertz CT molecular complexity index is 540. The van der Waals surface area contributed by atoms with Gasteiger partial charge in [0.05, 0.1) is 12.8 Å². The summed E-state index contributed by atoms with van der Waals surface area (Å²) < 4.78 is 4.81. The first-order valence-corrected chi connectivity index (χ1v) is 8.64. The molecular weight excluding hydrogens is 304 g/mol. The predicted octanol–water partition coefficient (Wildman–Crippen LogP) is 3.51. The van der Waals surface area contributed by atoms with Gasteiger partial charge >= 0.3 is 5.97 Å². The molecule has 0 aliphatic heterocycles. The summed E-state index contributed by atoms with van der Waals surface area (Å²) in [6.45, 7) is 17.1. The fraction of sp³-hybridized carbons (Fsp3) is 0.722. The molecule has 0 aromatic carbocycles. The van der Waals surface area contributed by atoms with Crippen molar-refractivity contribution in [2.45, 2.75) is 79.6 Å². The van der Waals surface area contributed by atoms with Gasteiger partial charge in [-0.15, -0.1) is 10.2 Å². The van der Waals surface area contributed by atoms with E-state index in [0.29, 0.717) is 0 Å². The number of rotatable bonds is 7. The molecule has 1 heterocycles. The van der Waals surface area contributed by atoms with Crippen LogP contribution in [0, 0.1) is 0 Å². The van der Waals surface area contributed by atoms with E-state index < -0.39 is 5.97 Å². The molecule has 0 radical (unpaired) electrons. The molecule has 6 nitrogen and oxygen atoms in total. The fourth-order valence-electron chi connectivity index (χ4n) is 3.19. The van der Waals surface area contributed by atoms with Gasteiger partial charge in [0.2, 0.25) is 0 Å². The third-order valence-electron chi connectivity index (χ3n) is 3.90. The number of ether oxygens (including phenoxy) is 1. The van der Waals surface area contributed by atoms with Gasteiger partial charge in [0.15, 0.2) is 11.5 Å². The summed E-state index contributed by atoms with van der Waals surface area (Å²) in [7, 11) is 1.36. The summed E-state index contributed by atoms with van der Waals surface area (Å²) in [5.74, 6) is 0.332. The Balaban J connectivity index is 3.60. The first-order chi connectivity index (χ1) is 11.1. The lowest BCUT2D eigenvalue weighted by Gasteiger charge is -2.39. The van der Waals surface area contributed by atoms with Crippen molar-refractivity contribution in [3.8, 4) is 0 Å². The molecule has 0 unspecified atom stereocenters. The Morgan fingerprint density at radius 3 is 1.71 bits per heavy atom. The van der Waals surface area contributed by atoms with Crippen LogP contribution in [0.25, 0.3) is 0 Å². The first kappa shape index (κ1) is 20.2. The molecule has 1 aromatic rings. The maximum atomic E-state index is 11.9. The molecule has 1 rings (SSSR count). The highest BCUT2D eigenvalue weighted by Crippen LogP contribution is 2.33. The molecule has 0 aliphatic carbocycles. The number of anilines is 2. The summed E-state index contributed by atoms with van der Waals surface area (Å²) >= 11 is 0. The second kappa shape index (κ2) is 8.31. The quantitative estimate of drug-likeness (QED) is 0.710. The van der Waals surface area contributed by atoms with Crippen LogP contribution in [0.15, 0.2) is 6.07 Å². The van der Waals surface area contributed by atoms with Gasteiger partial charge in [0.1, 0.15) is 0 Å². The van der Waals surface area contributed by atoms with E-state index >= 15 is 0 Å². The summed E-state index contributed by atoms with van der Waals surface area (Å²) in [4.78, 5) is 16.4. The molecule has 0 amide bonds. The molecule has 0 aliphatic rings. The topological polar surface area (TPSA) is 58.6 Å². The second-order valence-electron chi connectivity index (χ2n) is 7.12. The molecule has 6 heteroatoms. The normalized spacial score (nSPS) is 11.5. The minimum absolute atomic E-state index is 0.231. The summed E-state index contributed by atoms with van der Waals surface area (Å²) in [6.07, 6.45) is 0. The highest BCUT2D eigenvalue weighted by atomic mass is 16.5. The van der Waals surface area contributed by atoms with Gasteiger partial charge in [-0.3, -0.25) is 0 Å². The molecule has 0 spiro atoms. The number of esters is 1. The van der Waals surface area contributed by atoms with E-state index in [1.165, 1.54) is 7.11 Å². The maximum Gasteiger partial charge on any atom is 0.358 e. The Hall–Kier alpha value is -1.85. The van der Waals surface area contributed by atoms with Crippen molar-refractivity contribution in [1.29, 1.82) is 0 Å². The standard InChI is InChI=1S/C18H32N4O2/c1-11(2)21(12(3)4)16-10-15(18(23)24-9)19-20-17(16)22(13(5)6)14(7)8/h10-14H,1-9H3. The molecule has 1 aromatic heterocycles. The van der Waals surface area contributed by atoms with Crippen LogP contribution in [0.2, 0.25) is 0 Å². The SMILES string of the molecule is COC(=O)c1cc(N(C(C)C)C(C)C)c(N(C(C)C)C(C)C)nn1. The number of aromatic nitrogens is 2. The van der Waals surface area contributed by atoms with E-state index in [1.807, 2.05) is 0 Å². The van der Waals surface area contributed by atoms with E-state index in [-0.39, 0.29) is 29.9 Å². The molecule has 0 saturated carbocycles. The average molecular weight is 336 g/mol. The molecule has 0 N–H and O–H groups in total. The van der Waals surface area contributed by atoms with Gasteiger partial charge in [-0.1, -0.05) is 0 Å². The Kier molecular flexibility index (Phi) is 6.99. The zero-order chi connectivity index (χ0) is 18.6. The molecule has 136 valence electrons. The number of carbonyl (C=O) groups excluding carboxylic acids is 1. The van der Waals surface area contributed by atoms with Crippen molar-refractivity contribution < 1.29 is 9.53 Å². The van der Waals surface area contributed by atoms with Crippen molar-refractivity contribution >= 4 is 17.5 Å². The van der Waals surface area contributed by atoms with E-state index in [2.05, 4.69) is 75.4 Å². The number of nitrogens with zero attached hydrogens (tertiary/aromatic N) is 4. The van der Waals surface area contributed by atoms with Crippen LogP contribution in [0.4, 0.5) is 11.5 Å². The van der Waals surface area contributed by atoms with Crippen LogP contribution in [0.3, 0.4) is 0 Å². The average Bonchev–Trinajstić information content (AvgIpc) is 2.46. The lowest BCUT2D eigenvalue weighted by molar-refractivity contribution is 0.0592. The smallest absolute Gasteiger partial charge is 0.358 e. The van der Waals surface area contributed by atoms with Gasteiger partial charge in [-0.05, 0) is 55.4 Å². The summed E-state index contributed by atoms with van der Waals surface area (Å²) in [5.41, 5.74) is 1.15. The van der Waals surface area contributed by atoms with Crippen molar-refractivity contribution in [2.75, 3.05) is 16.9 Å². The molecule has 0 fully saturated rings. The molecule has 0 saturated heterocycles. The molecule has 24 heavy (non-hydrogen) atoms. The van der Waals surface area contributed by atoms with Crippen molar-refractivity contribution in [3.05, 3.63) is 11.8 Å². The van der Waals surface area contributed by atoms with Crippen molar-refractivity contribution in [1.82, 2.24) is 10.2 Å². The zero-order valence-electron chi connectivity index (χ0n) is 16.5. The lowest BCUT2D eigenvalue weighted by atomic mass is 10.1. The second-order valence-corrected chi connectivity index (χ2v) is 7.12. The number of carbonyl (C=O) groups is 1. The Labute approximate surface area is 146 Å². The van der Waals surface area contributed by atoms with Crippen molar-refractivity contribution in [3.63, 3.8) is 0 Å². The van der Waals surface area contributed by atoms with Crippen LogP contribution in [0.1, 0.15) is 65.9 Å². The summed E-state index contributed by atoms with van der Waals surface area (Å²) in [5, 5.41) is 8.51. The van der Waals surface area contributed by atoms with Gasteiger partial charge in [0, 0.05) is 30.2 Å². The number of hydrogen-bond donors (Lipinski definition) is 0. The largest absolute Gasteiger partial charge is 0.464 e. The fourth-order valence-corrected chi connectivity index (χ4v) is 3.19. The van der Waals surface area contributed by atoms with Gasteiger partial charge in [-0.2, -0.15) is 0 Å². The van der Waals surface area contributed by atoms with Crippen LogP contribution >= 0.6 is 0 Å². The molecule has 0 atom stereocenters. The van der Waals surface area contributed by atoms with Crippen LogP contribution in [-0.2, 0) is 4.74 Å². The third kappa shape index (κ3) is 4.36. The summed E-state index contributed by atoms with van der Waals surface area (Å²) in [6, 6.07) is 2.86. The Morgan fingerprint density at radius 1 is 0.875 bits per heavy atom. The molecular formula is C18H32N4O2. The predicted molar refractivity (Wildman–Crippen MR) is 98.9 cm³/mol. The van der Waals surface area contributed by atoms with Crippen LogP contribution < -0.4 is 9.80 Å². The van der Waals surface area contributed by atoms with Crippen LogP contribution in [-0.4, -0.2) is 47.4 Å². The van der Waals surface area contributed by atoms with Crippen molar-refractivity contribution in [2.24, 2.45) is 0 Å². The maximum absolute atomic E-state index is 11.9. The highest BCUT2D eigenvalue weighted by molar-refractivity contribution is 5.89. The van der Waals surface area contributed by atoms with Gasteiger partial charge in [-0.25, -0.2) is 4.79 Å². The number of methoxy groups -OCH3 is 1. The highest BCUT2D eigenvalue weighted by Gasteiger charge is 2.27. The van der Waals surface area contributed by atoms with E-state index in [4.69, 9.17) is 4.74 Å². The lowest BCUT2D eigenvalue weighted by Crippen LogP contribution is -2.42. The zero-order valence-corrected chi connectivity index (χ0v) is 16.5. The monoisotopic (exact) mass is 336 g/mol. The molecule has 0 bridgehead atoms. The Morgan fingerprint density at radius 2 is 1.33 bits per heavy atom. The van der Waals surface area contributed by atoms with Crippen LogP contribution in [0.5, 0.6) is 0 Å². The minimum atomic E-state index is -0.469. The third-order valence-corrected chi connectivity index (χ3v) is 3.90. The van der Waals surface area contributed by atoms with E-state index in [9.17, 15) is 4.79 Å². The van der Waals surface area contributed by atoms with Gasteiger partial charge < -0.3 is 14.5 Å². The van der Waals surface area contributed by atoms with E-state index in [1.54, 1.807) is 6.07 Å². The first-order valence-electron chi connectivity index (χ1n) is 8.64. The van der Waals surface area contributed by atoms with E-state index in [0.717, 1.165) is 11.5 Å². The van der Waals surface area contributed by atoms with Gasteiger partial charge in [0.25, 0.3) is 0 Å². The number of hydrogen-bond acceptors (Lipinski definition) is 6. The minimum Gasteiger partial charge on any atom is -0.464 e.